The second kappa shape index (κ2) is 11.2. The topological polar surface area (TPSA) is 149 Å². The Morgan fingerprint density at radius 3 is 2.50 bits per heavy atom. The van der Waals surface area contributed by atoms with Crippen LogP contribution in [0, 0.1) is 0 Å². The highest BCUT2D eigenvalue weighted by atomic mass is 16.6. The summed E-state index contributed by atoms with van der Waals surface area (Å²) in [6.45, 7) is 5.86. The molecule has 0 aliphatic carbocycles. The molecule has 2 heterocycles. The molecule has 1 aromatic rings. The van der Waals surface area contributed by atoms with Crippen LogP contribution in [0.15, 0.2) is 43.0 Å². The third-order valence-corrected chi connectivity index (χ3v) is 4.29. The van der Waals surface area contributed by atoms with Gasteiger partial charge < -0.3 is 20.1 Å². The Labute approximate surface area is 196 Å². The zero-order valence-corrected chi connectivity index (χ0v) is 19.2. The predicted octanol–water partition coefficient (Wildman–Crippen LogP) is 2.28. The van der Waals surface area contributed by atoms with Gasteiger partial charge in [0, 0.05) is 13.1 Å². The van der Waals surface area contributed by atoms with Gasteiger partial charge in [-0.2, -0.15) is 0 Å². The molecular formula is C22H27N7O5. The van der Waals surface area contributed by atoms with Crippen LogP contribution in [0.4, 0.5) is 15.4 Å². The summed E-state index contributed by atoms with van der Waals surface area (Å²) in [4.78, 5) is 49.0. The highest BCUT2D eigenvalue weighted by Gasteiger charge is 2.22. The summed E-state index contributed by atoms with van der Waals surface area (Å²) in [5.41, 5.74) is 0.475. The molecule has 0 saturated heterocycles. The van der Waals surface area contributed by atoms with Gasteiger partial charge in [0.2, 0.25) is 5.91 Å². The van der Waals surface area contributed by atoms with Crippen molar-refractivity contribution in [3.63, 3.8) is 0 Å². The van der Waals surface area contributed by atoms with Gasteiger partial charge in [-0.3, -0.25) is 14.7 Å². The normalized spacial score (nSPS) is 11.1. The molecular weight excluding hydrogens is 442 g/mol. The molecule has 3 rings (SSSR count). The Hall–Kier alpha value is -4.06. The zero-order valence-electron chi connectivity index (χ0n) is 19.2. The van der Waals surface area contributed by atoms with Crippen molar-refractivity contribution in [1.29, 1.82) is 0 Å². The van der Waals surface area contributed by atoms with E-state index in [4.69, 9.17) is 9.47 Å². The molecule has 0 atom stereocenters. The van der Waals surface area contributed by atoms with Crippen LogP contribution in [0.3, 0.4) is 0 Å². The zero-order chi connectivity index (χ0) is 24.6. The summed E-state index contributed by atoms with van der Waals surface area (Å²) < 4.78 is 11.6. The first kappa shape index (κ1) is 24.6. The average Bonchev–Trinajstić information content (AvgIpc) is 3.26. The summed E-state index contributed by atoms with van der Waals surface area (Å²) in [7, 11) is 0. The van der Waals surface area contributed by atoms with Crippen LogP contribution >= 0.6 is 0 Å². The van der Waals surface area contributed by atoms with E-state index in [2.05, 4.69) is 30.9 Å². The number of benzene rings is 1. The minimum Gasteiger partial charge on any atom is -0.444 e. The van der Waals surface area contributed by atoms with Crippen molar-refractivity contribution in [1.82, 2.24) is 30.2 Å². The standard InChI is InChI=1S/C22H27N7O5/c1-22(2,3)34-20(31)24-10-9-23-11-16(30)29-14-27-18-17(25-13-26-18)19(29)28-21(32)33-12-15-7-5-4-6-8-15/h4-8,13-14,23H,9-12H2,1-3H3,(H,24,31)(H,28,32). The molecule has 2 amide bonds. The minimum absolute atomic E-state index is 0.0632. The van der Waals surface area contributed by atoms with E-state index < -0.39 is 23.7 Å². The highest BCUT2D eigenvalue weighted by molar-refractivity contribution is 5.93. The number of anilines is 1. The third-order valence-electron chi connectivity index (χ3n) is 4.29. The Balaban J connectivity index is 1.57. The maximum absolute atomic E-state index is 12.8. The molecule has 2 aliphatic heterocycles. The molecule has 1 aromatic carbocycles. The molecule has 0 aromatic heterocycles. The van der Waals surface area contributed by atoms with Crippen LogP contribution in [-0.2, 0) is 16.1 Å². The first-order valence-electron chi connectivity index (χ1n) is 10.6. The van der Waals surface area contributed by atoms with Gasteiger partial charge in [0.05, 0.1) is 6.54 Å². The second-order valence-electron chi connectivity index (χ2n) is 8.19. The molecule has 180 valence electrons. The fourth-order valence-electron chi connectivity index (χ4n) is 2.82. The number of imidazole rings is 1. The van der Waals surface area contributed by atoms with Gasteiger partial charge in [-0.1, -0.05) is 30.3 Å². The number of carbonyl (C=O) groups excluding carboxylic acids is 3. The van der Waals surface area contributed by atoms with E-state index in [9.17, 15) is 14.4 Å². The molecule has 2 aliphatic rings. The summed E-state index contributed by atoms with van der Waals surface area (Å²) in [6.07, 6.45) is 1.25. The molecule has 12 heteroatoms. The van der Waals surface area contributed by atoms with Crippen molar-refractivity contribution >= 4 is 23.9 Å². The van der Waals surface area contributed by atoms with E-state index in [1.165, 1.54) is 12.7 Å². The van der Waals surface area contributed by atoms with Crippen molar-refractivity contribution in [2.45, 2.75) is 33.0 Å². The van der Waals surface area contributed by atoms with E-state index >= 15 is 0 Å². The Morgan fingerprint density at radius 1 is 1.00 bits per heavy atom. The molecule has 12 nitrogen and oxygen atoms in total. The molecule has 0 bridgehead atoms. The first-order chi connectivity index (χ1) is 16.2. The van der Waals surface area contributed by atoms with Crippen molar-refractivity contribution < 1.29 is 23.9 Å². The quantitative estimate of drug-likeness (QED) is 0.422. The second-order valence-corrected chi connectivity index (χ2v) is 8.19. The molecule has 0 spiro atoms. The summed E-state index contributed by atoms with van der Waals surface area (Å²) >= 11 is 0. The molecule has 34 heavy (non-hydrogen) atoms. The van der Waals surface area contributed by atoms with E-state index in [0.29, 0.717) is 6.54 Å². The number of alkyl carbamates (subject to hydrolysis) is 1. The van der Waals surface area contributed by atoms with Crippen molar-refractivity contribution in [3.8, 4) is 11.5 Å². The lowest BCUT2D eigenvalue weighted by atomic mass is 10.2. The van der Waals surface area contributed by atoms with Crippen molar-refractivity contribution in [2.75, 3.05) is 25.0 Å². The van der Waals surface area contributed by atoms with Gasteiger partial charge >= 0.3 is 12.2 Å². The van der Waals surface area contributed by atoms with Crippen LogP contribution < -0.4 is 16.0 Å². The third kappa shape index (κ3) is 7.24. The lowest BCUT2D eigenvalue weighted by Crippen LogP contribution is -2.38. The number of carbonyl (C=O) groups is 3. The summed E-state index contributed by atoms with van der Waals surface area (Å²) in [5.74, 6) is -0.0378. The fourth-order valence-corrected chi connectivity index (χ4v) is 2.82. The Kier molecular flexibility index (Phi) is 8.09. The number of ether oxygens (including phenoxy) is 2. The molecule has 3 N–H and O–H groups in total. The number of aromatic nitrogens is 4. The van der Waals surface area contributed by atoms with Gasteiger partial charge in [0.15, 0.2) is 17.3 Å². The molecule has 0 saturated carbocycles. The summed E-state index contributed by atoms with van der Waals surface area (Å²) in [5, 5.41) is 8.08. The average molecular weight is 470 g/mol. The van der Waals surface area contributed by atoms with Crippen LogP contribution in [-0.4, -0.2) is 62.8 Å². The smallest absolute Gasteiger partial charge is 0.413 e. The molecule has 0 fully saturated rings. The maximum Gasteiger partial charge on any atom is 0.413 e. The molecule has 0 unspecified atom stereocenters. The van der Waals surface area contributed by atoms with Crippen LogP contribution in [0.1, 0.15) is 31.1 Å². The number of fused-ring (bicyclic) bond motifs is 1. The lowest BCUT2D eigenvalue weighted by molar-refractivity contribution is 0.0528. The largest absolute Gasteiger partial charge is 0.444 e. The molecule has 0 radical (unpaired) electrons. The van der Waals surface area contributed by atoms with Crippen molar-refractivity contribution in [3.05, 3.63) is 48.5 Å². The number of nitrogens with one attached hydrogen (secondary N) is 3. The van der Waals surface area contributed by atoms with Gasteiger partial charge in [-0.25, -0.2) is 24.5 Å². The van der Waals surface area contributed by atoms with Gasteiger partial charge in [0.1, 0.15) is 24.9 Å². The van der Waals surface area contributed by atoms with Crippen LogP contribution in [0.5, 0.6) is 0 Å². The number of rotatable bonds is 8. The number of nitrogens with zero attached hydrogens (tertiary/aromatic N) is 4. The van der Waals surface area contributed by atoms with E-state index in [-0.39, 0.29) is 37.0 Å². The highest BCUT2D eigenvalue weighted by Crippen LogP contribution is 2.24. The SMILES string of the molecule is CC(C)(C)OC(=O)NCCNCC(=O)n1cnc2ncnc-2c1NC(=O)OCc1ccccc1. The summed E-state index contributed by atoms with van der Waals surface area (Å²) in [6, 6.07) is 9.19. The predicted molar refractivity (Wildman–Crippen MR) is 122 cm³/mol. The van der Waals surface area contributed by atoms with Gasteiger partial charge in [-0.15, -0.1) is 0 Å². The lowest BCUT2D eigenvalue weighted by Gasteiger charge is -2.19. The van der Waals surface area contributed by atoms with Crippen molar-refractivity contribution in [2.24, 2.45) is 0 Å². The monoisotopic (exact) mass is 469 g/mol. The maximum atomic E-state index is 12.8. The first-order valence-corrected chi connectivity index (χ1v) is 10.6. The van der Waals surface area contributed by atoms with E-state index in [0.717, 1.165) is 10.1 Å². The Morgan fingerprint density at radius 2 is 1.76 bits per heavy atom. The van der Waals surface area contributed by atoms with E-state index in [1.54, 1.807) is 20.8 Å². The number of amides is 2. The Bertz CT molecular complexity index is 1090. The number of hydrogen-bond acceptors (Lipinski definition) is 9. The van der Waals surface area contributed by atoms with E-state index in [1.807, 2.05) is 30.3 Å². The van der Waals surface area contributed by atoms with Crippen LogP contribution in [0.2, 0.25) is 0 Å². The minimum atomic E-state index is -0.754. The van der Waals surface area contributed by atoms with Gasteiger partial charge in [-0.05, 0) is 26.3 Å². The van der Waals surface area contributed by atoms with Crippen LogP contribution in [0.25, 0.3) is 11.5 Å². The number of hydrogen-bond donors (Lipinski definition) is 3. The fraction of sp³-hybridized carbons (Fsp3) is 0.364. The van der Waals surface area contributed by atoms with Gasteiger partial charge in [0.25, 0.3) is 0 Å².